The predicted octanol–water partition coefficient (Wildman–Crippen LogP) is 1.99. The monoisotopic (exact) mass is 409 g/mol. The average Bonchev–Trinajstić information content (AvgIpc) is 2.61. The van der Waals surface area contributed by atoms with Crippen molar-refractivity contribution in [2.45, 2.75) is 0 Å². The highest BCUT2D eigenvalue weighted by Gasteiger charge is 2.14. The molecule has 2 rings (SSSR count). The van der Waals surface area contributed by atoms with Gasteiger partial charge in [0.2, 0.25) is 0 Å². The minimum Gasteiger partial charge on any atom is -0.495 e. The fraction of sp³-hybridized carbons (Fsp3) is 0.333. The molecule has 0 aliphatic rings. The standard InChI is InChI=1S/C18H24N6O3.ClH/c1-24(2,3)10-9-21-17(25)13-5-6-15(27-4)14(11-13)22-18(26)23-16-12-19-7-8-20-16;/h5-8,11-12H,9-10H2,1-4H3,(H2-,20,21,22,23,25,26);1H/p+1. The maximum absolute atomic E-state index is 12.4. The van der Waals surface area contributed by atoms with Gasteiger partial charge in [0.1, 0.15) is 5.75 Å². The van der Waals surface area contributed by atoms with E-state index in [0.717, 1.165) is 11.0 Å². The molecule has 0 fully saturated rings. The van der Waals surface area contributed by atoms with Crippen molar-refractivity contribution < 1.29 is 18.8 Å². The first-order valence-corrected chi connectivity index (χ1v) is 8.39. The zero-order chi connectivity index (χ0) is 19.9. The number of hydrogen-bond acceptors (Lipinski definition) is 5. The van der Waals surface area contributed by atoms with E-state index in [2.05, 4.69) is 47.1 Å². The van der Waals surface area contributed by atoms with Gasteiger partial charge in [-0.3, -0.25) is 15.1 Å². The van der Waals surface area contributed by atoms with Gasteiger partial charge in [-0.1, -0.05) is 0 Å². The van der Waals surface area contributed by atoms with Crippen LogP contribution in [0.3, 0.4) is 0 Å². The molecule has 0 atom stereocenters. The van der Waals surface area contributed by atoms with Crippen LogP contribution in [0.25, 0.3) is 0 Å². The number of quaternary nitrogens is 1. The summed E-state index contributed by atoms with van der Waals surface area (Å²) in [6, 6.07) is 4.32. The summed E-state index contributed by atoms with van der Waals surface area (Å²) in [5, 5.41) is 8.09. The number of rotatable bonds is 7. The Balaban J connectivity index is 0.00000392. The molecule has 3 amide bonds. The highest BCUT2D eigenvalue weighted by molar-refractivity contribution is 6.02. The van der Waals surface area contributed by atoms with E-state index < -0.39 is 6.03 Å². The molecule has 0 radical (unpaired) electrons. The Morgan fingerprint density at radius 2 is 1.89 bits per heavy atom. The van der Waals surface area contributed by atoms with Crippen molar-refractivity contribution in [2.24, 2.45) is 0 Å². The van der Waals surface area contributed by atoms with Crippen LogP contribution in [0, 0.1) is 0 Å². The fourth-order valence-electron chi connectivity index (χ4n) is 2.19. The molecule has 0 bridgehead atoms. The van der Waals surface area contributed by atoms with Crippen molar-refractivity contribution in [1.82, 2.24) is 15.3 Å². The van der Waals surface area contributed by atoms with E-state index in [1.165, 1.54) is 25.7 Å². The number of carbonyl (C=O) groups excluding carboxylic acids is 2. The minimum atomic E-state index is -0.517. The van der Waals surface area contributed by atoms with Crippen LogP contribution < -0.4 is 20.7 Å². The maximum Gasteiger partial charge on any atom is 0.324 e. The molecule has 10 heteroatoms. The van der Waals surface area contributed by atoms with Crippen molar-refractivity contribution >= 4 is 35.9 Å². The number of methoxy groups -OCH3 is 1. The lowest BCUT2D eigenvalue weighted by Gasteiger charge is -2.23. The van der Waals surface area contributed by atoms with Crippen LogP contribution >= 0.6 is 12.4 Å². The van der Waals surface area contributed by atoms with Gasteiger partial charge in [0.15, 0.2) is 5.82 Å². The van der Waals surface area contributed by atoms with E-state index in [1.807, 2.05) is 0 Å². The second-order valence-corrected chi connectivity index (χ2v) is 6.85. The number of carbonyl (C=O) groups is 2. The van der Waals surface area contributed by atoms with Crippen molar-refractivity contribution in [2.75, 3.05) is 52.0 Å². The molecule has 1 aromatic carbocycles. The number of likely N-dealkylation sites (N-methyl/N-ethyl adjacent to an activating group) is 1. The molecule has 9 nitrogen and oxygen atoms in total. The first-order valence-electron chi connectivity index (χ1n) is 8.39. The largest absolute Gasteiger partial charge is 0.495 e. The summed E-state index contributed by atoms with van der Waals surface area (Å²) < 4.78 is 6.00. The Kier molecular flexibility index (Phi) is 8.62. The Bertz CT molecular complexity index is 796. The third kappa shape index (κ3) is 7.37. The number of anilines is 2. The lowest BCUT2D eigenvalue weighted by atomic mass is 10.1. The normalized spacial score (nSPS) is 10.4. The van der Waals surface area contributed by atoms with Crippen LogP contribution in [0.2, 0.25) is 0 Å². The van der Waals surface area contributed by atoms with Gasteiger partial charge < -0.3 is 19.9 Å². The van der Waals surface area contributed by atoms with E-state index in [4.69, 9.17) is 4.74 Å². The lowest BCUT2D eigenvalue weighted by Crippen LogP contribution is -2.41. The molecule has 0 aliphatic carbocycles. The van der Waals surface area contributed by atoms with Gasteiger partial charge in [0.05, 0.1) is 53.2 Å². The van der Waals surface area contributed by atoms with Gasteiger partial charge in [-0.2, -0.15) is 0 Å². The fourth-order valence-corrected chi connectivity index (χ4v) is 2.19. The number of amides is 3. The highest BCUT2D eigenvalue weighted by atomic mass is 35.5. The Morgan fingerprint density at radius 1 is 1.14 bits per heavy atom. The van der Waals surface area contributed by atoms with Gasteiger partial charge in [-0.15, -0.1) is 12.4 Å². The number of nitrogens with one attached hydrogen (secondary N) is 3. The number of halogens is 1. The zero-order valence-electron chi connectivity index (χ0n) is 16.4. The Hall–Kier alpha value is -2.91. The number of hydrogen-bond donors (Lipinski definition) is 3. The van der Waals surface area contributed by atoms with Crippen molar-refractivity contribution in [3.8, 4) is 5.75 Å². The molecule has 1 aromatic heterocycles. The summed E-state index contributed by atoms with van der Waals surface area (Å²) in [5.41, 5.74) is 0.796. The SMILES string of the molecule is COc1ccc(C(=O)NCC[N+](C)(C)C)cc1NC(=O)Nc1cnccn1.Cl. The summed E-state index contributed by atoms with van der Waals surface area (Å²) in [5.74, 6) is 0.527. The van der Waals surface area contributed by atoms with Crippen LogP contribution in [-0.2, 0) is 0 Å². The summed E-state index contributed by atoms with van der Waals surface area (Å²) >= 11 is 0. The van der Waals surface area contributed by atoms with Gasteiger partial charge in [-0.25, -0.2) is 9.78 Å². The second-order valence-electron chi connectivity index (χ2n) is 6.85. The minimum absolute atomic E-state index is 0. The maximum atomic E-state index is 12.4. The average molecular weight is 410 g/mol. The van der Waals surface area contributed by atoms with E-state index >= 15 is 0 Å². The molecule has 28 heavy (non-hydrogen) atoms. The molecular weight excluding hydrogens is 384 g/mol. The summed E-state index contributed by atoms with van der Waals surface area (Å²) in [6.07, 6.45) is 4.40. The van der Waals surface area contributed by atoms with E-state index in [9.17, 15) is 9.59 Å². The highest BCUT2D eigenvalue weighted by Crippen LogP contribution is 2.25. The van der Waals surface area contributed by atoms with E-state index in [-0.39, 0.29) is 18.3 Å². The second kappa shape index (κ2) is 10.4. The van der Waals surface area contributed by atoms with Gasteiger partial charge >= 0.3 is 6.03 Å². The van der Waals surface area contributed by atoms with Crippen LogP contribution in [-0.4, -0.2) is 67.7 Å². The topological polar surface area (TPSA) is 105 Å². The van der Waals surface area contributed by atoms with E-state index in [1.54, 1.807) is 18.2 Å². The Labute approximate surface area is 170 Å². The van der Waals surface area contributed by atoms with Crippen molar-refractivity contribution in [3.05, 3.63) is 42.4 Å². The van der Waals surface area contributed by atoms with Crippen molar-refractivity contribution in [1.29, 1.82) is 0 Å². The third-order valence-electron chi connectivity index (χ3n) is 3.58. The summed E-state index contributed by atoms with van der Waals surface area (Å²) in [6.45, 7) is 1.35. The molecule has 152 valence electrons. The number of nitrogens with zero attached hydrogens (tertiary/aromatic N) is 3. The zero-order valence-corrected chi connectivity index (χ0v) is 17.2. The summed E-state index contributed by atoms with van der Waals surface area (Å²) in [4.78, 5) is 32.4. The molecule has 2 aromatic rings. The van der Waals surface area contributed by atoms with Crippen LogP contribution in [0.5, 0.6) is 5.75 Å². The third-order valence-corrected chi connectivity index (χ3v) is 3.58. The van der Waals surface area contributed by atoms with E-state index in [0.29, 0.717) is 29.4 Å². The molecule has 1 heterocycles. The van der Waals surface area contributed by atoms with Crippen molar-refractivity contribution in [3.63, 3.8) is 0 Å². The lowest BCUT2D eigenvalue weighted by molar-refractivity contribution is -0.869. The number of urea groups is 1. The number of benzene rings is 1. The first kappa shape index (κ1) is 23.1. The van der Waals surface area contributed by atoms with Gasteiger partial charge in [-0.05, 0) is 18.2 Å². The number of aromatic nitrogens is 2. The molecule has 0 spiro atoms. The van der Waals surface area contributed by atoms with Crippen LogP contribution in [0.1, 0.15) is 10.4 Å². The first-order chi connectivity index (χ1) is 12.8. The van der Waals surface area contributed by atoms with Gasteiger partial charge in [0, 0.05) is 18.0 Å². The molecular formula is C18H26ClN6O3+. The Morgan fingerprint density at radius 3 is 2.50 bits per heavy atom. The molecule has 0 unspecified atom stereocenters. The molecule has 0 saturated carbocycles. The molecule has 0 aliphatic heterocycles. The predicted molar refractivity (Wildman–Crippen MR) is 110 cm³/mol. The molecule has 0 saturated heterocycles. The quantitative estimate of drug-likeness (QED) is 0.606. The van der Waals surface area contributed by atoms with Crippen LogP contribution in [0.4, 0.5) is 16.3 Å². The summed E-state index contributed by atoms with van der Waals surface area (Å²) in [7, 11) is 7.65. The number of ether oxygens (including phenoxy) is 1. The van der Waals surface area contributed by atoms with Gasteiger partial charge in [0.25, 0.3) is 5.91 Å². The molecule has 3 N–H and O–H groups in total. The smallest absolute Gasteiger partial charge is 0.324 e. The van der Waals surface area contributed by atoms with Crippen LogP contribution in [0.15, 0.2) is 36.8 Å².